The van der Waals surface area contributed by atoms with Gasteiger partial charge in [-0.05, 0) is 42.8 Å². The number of carbonyl (C=O) groups is 2. The molecule has 0 aliphatic carbocycles. The third-order valence-corrected chi connectivity index (χ3v) is 4.26. The highest BCUT2D eigenvalue weighted by molar-refractivity contribution is 6.47. The van der Waals surface area contributed by atoms with E-state index in [1.165, 1.54) is 6.07 Å². The van der Waals surface area contributed by atoms with Crippen LogP contribution in [0.2, 0.25) is 0 Å². The maximum atomic E-state index is 12.4. The summed E-state index contributed by atoms with van der Waals surface area (Å²) in [4.78, 5) is 23.7. The van der Waals surface area contributed by atoms with Gasteiger partial charge in [-0.1, -0.05) is 24.3 Å². The number of carbonyl (C=O) groups excluding carboxylic acids is 1. The second-order valence-corrected chi connectivity index (χ2v) is 6.12. The molecule has 1 aliphatic rings. The molecule has 0 radical (unpaired) electrons. The average Bonchev–Trinajstić information content (AvgIpc) is 2.62. The molecule has 0 bridgehead atoms. The van der Waals surface area contributed by atoms with Crippen molar-refractivity contribution in [3.05, 3.63) is 64.7 Å². The maximum absolute atomic E-state index is 12.4. The number of aromatic carboxylic acids is 1. The van der Waals surface area contributed by atoms with E-state index in [1.54, 1.807) is 24.3 Å². The van der Waals surface area contributed by atoms with Crippen LogP contribution in [0.5, 0.6) is 5.75 Å². The lowest BCUT2D eigenvalue weighted by atomic mass is 9.72. The van der Waals surface area contributed by atoms with E-state index in [0.717, 1.165) is 5.56 Å². The molecule has 2 aromatic rings. The van der Waals surface area contributed by atoms with Crippen molar-refractivity contribution in [1.29, 1.82) is 0 Å². The minimum absolute atomic E-state index is 0.00792. The highest BCUT2D eigenvalue weighted by Gasteiger charge is 2.37. The summed E-state index contributed by atoms with van der Waals surface area (Å²) >= 11 is 0. The largest absolute Gasteiger partial charge is 0.547 e. The van der Waals surface area contributed by atoms with Crippen LogP contribution in [0.3, 0.4) is 0 Å². The summed E-state index contributed by atoms with van der Waals surface area (Å²) < 4.78 is 5.38. The third kappa shape index (κ3) is 3.71. The molecule has 0 fully saturated rings. The van der Waals surface area contributed by atoms with Crippen LogP contribution in [0, 0.1) is 0 Å². The summed E-state index contributed by atoms with van der Waals surface area (Å²) in [6.45, 7) is 0.708. The van der Waals surface area contributed by atoms with Gasteiger partial charge in [-0.2, -0.15) is 0 Å². The Morgan fingerprint density at radius 2 is 1.96 bits per heavy atom. The Morgan fingerprint density at radius 1 is 1.23 bits per heavy atom. The van der Waals surface area contributed by atoms with Gasteiger partial charge in [0.15, 0.2) is 0 Å². The summed E-state index contributed by atoms with van der Waals surface area (Å²) in [7, 11) is 0.522. The Kier molecular flexibility index (Phi) is 5.25. The molecule has 7 nitrogen and oxygen atoms in total. The van der Waals surface area contributed by atoms with Crippen molar-refractivity contribution >= 4 is 19.0 Å². The van der Waals surface area contributed by atoms with Gasteiger partial charge in [0.05, 0.1) is 11.5 Å². The van der Waals surface area contributed by atoms with Crippen molar-refractivity contribution in [3.63, 3.8) is 0 Å². The monoisotopic (exact) mass is 354 g/mol. The fraction of sp³-hybridized carbons (Fsp3) is 0.222. The molecule has 26 heavy (non-hydrogen) atoms. The van der Waals surface area contributed by atoms with E-state index in [2.05, 4.69) is 10.6 Å². The number of para-hydroxylation sites is 1. The van der Waals surface area contributed by atoms with Crippen LogP contribution in [0.1, 0.15) is 31.8 Å². The summed E-state index contributed by atoms with van der Waals surface area (Å²) in [6.07, 6.45) is 0.279. The van der Waals surface area contributed by atoms with Gasteiger partial charge in [-0.15, -0.1) is 0 Å². The molecule has 0 aromatic heterocycles. The fourth-order valence-corrected chi connectivity index (χ4v) is 2.95. The number of carboxylic acid groups (broad SMARTS) is 1. The van der Waals surface area contributed by atoms with Crippen LogP contribution in [0.15, 0.2) is 42.5 Å². The number of nitrogens with one attached hydrogen (secondary N) is 2. The first-order valence-electron chi connectivity index (χ1n) is 8.24. The Labute approximate surface area is 151 Å². The van der Waals surface area contributed by atoms with E-state index < -0.39 is 19.0 Å². The highest BCUT2D eigenvalue weighted by atomic mass is 16.5. The van der Waals surface area contributed by atoms with Gasteiger partial charge in [0.1, 0.15) is 5.75 Å². The predicted octanol–water partition coefficient (Wildman–Crippen LogP) is 0.857. The molecule has 1 aliphatic heterocycles. The zero-order valence-corrected chi connectivity index (χ0v) is 14.2. The van der Waals surface area contributed by atoms with E-state index in [4.69, 9.17) is 4.65 Å². The lowest BCUT2D eigenvalue weighted by Gasteiger charge is -2.28. The van der Waals surface area contributed by atoms with Gasteiger partial charge in [0, 0.05) is 12.1 Å². The second kappa shape index (κ2) is 7.59. The number of amides is 1. The lowest BCUT2D eigenvalue weighted by molar-refractivity contribution is 0.0693. The Hall–Kier alpha value is -2.84. The van der Waals surface area contributed by atoms with Gasteiger partial charge < -0.3 is 25.4 Å². The third-order valence-electron chi connectivity index (χ3n) is 4.26. The second-order valence-electron chi connectivity index (χ2n) is 6.12. The molecule has 4 N–H and O–H groups in total. The van der Waals surface area contributed by atoms with Crippen LogP contribution in [-0.4, -0.2) is 42.1 Å². The van der Waals surface area contributed by atoms with Gasteiger partial charge in [-0.3, -0.25) is 4.79 Å². The fourth-order valence-electron chi connectivity index (χ4n) is 2.95. The van der Waals surface area contributed by atoms with Gasteiger partial charge in [-0.25, -0.2) is 4.79 Å². The van der Waals surface area contributed by atoms with E-state index in [-0.39, 0.29) is 23.6 Å². The molecule has 2 aromatic carbocycles. The first kappa shape index (κ1) is 18.0. The molecule has 1 amide bonds. The summed E-state index contributed by atoms with van der Waals surface area (Å²) in [5.74, 6) is -1.98. The molecule has 0 saturated carbocycles. The highest BCUT2D eigenvalue weighted by Crippen LogP contribution is 2.30. The zero-order valence-electron chi connectivity index (χ0n) is 14.2. The van der Waals surface area contributed by atoms with E-state index >= 15 is 0 Å². The summed E-state index contributed by atoms with van der Waals surface area (Å²) in [5, 5.41) is 25.2. The molecule has 0 spiro atoms. The van der Waals surface area contributed by atoms with Crippen LogP contribution in [0.25, 0.3) is 0 Å². The topological polar surface area (TPSA) is 108 Å². The van der Waals surface area contributed by atoms with Crippen molar-refractivity contribution in [2.75, 3.05) is 7.05 Å². The van der Waals surface area contributed by atoms with E-state index in [0.29, 0.717) is 17.7 Å². The summed E-state index contributed by atoms with van der Waals surface area (Å²) in [5.41, 5.74) is 2.15. The minimum Gasteiger partial charge on any atom is -0.534 e. The smallest absolute Gasteiger partial charge is 0.534 e. The van der Waals surface area contributed by atoms with Crippen LogP contribution in [-0.2, 0) is 13.0 Å². The molecular weight excluding hydrogens is 335 g/mol. The number of benzene rings is 2. The predicted molar refractivity (Wildman–Crippen MR) is 96.2 cm³/mol. The Morgan fingerprint density at radius 3 is 2.62 bits per heavy atom. The summed E-state index contributed by atoms with van der Waals surface area (Å²) in [6, 6.07) is 11.9. The first-order valence-corrected chi connectivity index (χ1v) is 8.24. The molecule has 1 atom stereocenters. The molecule has 0 saturated heterocycles. The van der Waals surface area contributed by atoms with Gasteiger partial charge in [0.2, 0.25) is 0 Å². The van der Waals surface area contributed by atoms with Gasteiger partial charge in [0.25, 0.3) is 5.91 Å². The minimum atomic E-state index is -1.32. The van der Waals surface area contributed by atoms with Crippen LogP contribution < -0.4 is 15.3 Å². The maximum Gasteiger partial charge on any atom is 0.547 e. The van der Waals surface area contributed by atoms with Crippen molar-refractivity contribution in [2.45, 2.75) is 18.9 Å². The number of fused-ring (bicyclic) bond motifs is 1. The van der Waals surface area contributed by atoms with Crippen molar-refractivity contribution in [3.8, 4) is 5.75 Å². The van der Waals surface area contributed by atoms with Crippen LogP contribution in [0.4, 0.5) is 0 Å². The number of hydrogen-bond acceptors (Lipinski definition) is 5. The number of rotatable bonds is 5. The normalized spacial score (nSPS) is 15.8. The molecule has 1 heterocycles. The average molecular weight is 354 g/mol. The number of hydrogen-bond donors (Lipinski definition) is 4. The van der Waals surface area contributed by atoms with E-state index in [1.807, 2.05) is 19.2 Å². The first-order chi connectivity index (χ1) is 12.5. The van der Waals surface area contributed by atoms with Crippen molar-refractivity contribution in [2.24, 2.45) is 0 Å². The SMILES string of the molecule is CNCc1ccc(C(=O)N[C@H]2Cc3cccc(C(=O)O)c3OB2O)cc1. The zero-order chi connectivity index (χ0) is 18.7. The quantitative estimate of drug-likeness (QED) is 0.593. The molecular formula is C18H19BN2O5. The molecule has 134 valence electrons. The molecule has 0 unspecified atom stereocenters. The van der Waals surface area contributed by atoms with Crippen LogP contribution >= 0.6 is 0 Å². The standard InChI is InChI=1S/C18H19BN2O5/c1-20-10-11-5-7-12(8-6-11)17(22)21-15-9-13-3-2-4-14(18(23)24)16(13)26-19(15)25/h2-8,15,20,25H,9-10H2,1H3,(H,21,22)(H,23,24)/t15-/m0/s1. The Balaban J connectivity index is 1.73. The number of carboxylic acids is 1. The Bertz CT molecular complexity index is 825. The van der Waals surface area contributed by atoms with Crippen molar-refractivity contribution < 1.29 is 24.4 Å². The van der Waals surface area contributed by atoms with Crippen molar-refractivity contribution in [1.82, 2.24) is 10.6 Å². The molecule has 3 rings (SSSR count). The molecule has 8 heteroatoms. The van der Waals surface area contributed by atoms with Gasteiger partial charge >= 0.3 is 13.1 Å². The van der Waals surface area contributed by atoms with E-state index in [9.17, 15) is 19.7 Å². The lowest BCUT2D eigenvalue weighted by Crippen LogP contribution is -2.53.